The molecule has 3 rings (SSSR count). The average Bonchev–Trinajstić information content (AvgIpc) is 3.03. The molecule has 244 valence electrons. The van der Waals surface area contributed by atoms with Crippen molar-refractivity contribution in [1.82, 2.24) is 10.6 Å². The van der Waals surface area contributed by atoms with Crippen molar-refractivity contribution in [2.24, 2.45) is 10.2 Å². The summed E-state index contributed by atoms with van der Waals surface area (Å²) in [4.78, 5) is 49.5. The van der Waals surface area contributed by atoms with E-state index in [0.717, 1.165) is 16.9 Å². The second kappa shape index (κ2) is 16.7. The number of hydrogen-bond donors (Lipinski definition) is 2. The quantitative estimate of drug-likeness (QED) is 0.176. The molecule has 2 N–H and O–H groups in total. The summed E-state index contributed by atoms with van der Waals surface area (Å²) in [5.41, 5.74) is 1.51. The first kappa shape index (κ1) is 35.2. The molecule has 0 aliphatic heterocycles. The van der Waals surface area contributed by atoms with Crippen LogP contribution in [0, 0.1) is 0 Å². The summed E-state index contributed by atoms with van der Waals surface area (Å²) in [7, 11) is 2.83. The molecule has 3 aromatic carbocycles. The fraction of sp³-hybridized carbons (Fsp3) is 0.353. The van der Waals surface area contributed by atoms with Gasteiger partial charge in [-0.1, -0.05) is 29.4 Å². The second-order valence-electron chi connectivity index (χ2n) is 11.3. The van der Waals surface area contributed by atoms with Crippen LogP contribution in [-0.2, 0) is 36.7 Å². The van der Waals surface area contributed by atoms with Crippen molar-refractivity contribution in [3.63, 3.8) is 0 Å². The smallest absolute Gasteiger partial charge is 0.452 e. The average molecular weight is 633 g/mol. The van der Waals surface area contributed by atoms with Crippen LogP contribution >= 0.6 is 0 Å². The highest BCUT2D eigenvalue weighted by atomic mass is 16.6. The largest absolute Gasteiger partial charge is 0.497 e. The standard InChI is InChI=1S/C34H40N4O8/c1-22(35-30(39)20-11-23-7-14-26(43-5)15-8-23)31(40)36-29(32(41)44-6)21-24-9-16-27(17-10-24)45-28-18-12-25(13-19-28)37-38-33(42)46-34(2,3)4/h7-10,12-19,22,29H,11,20-21H2,1-6H3,(H,35,39)(H,36,40)/t22-,29-/m0/s1. The van der Waals surface area contributed by atoms with Crippen molar-refractivity contribution in [2.75, 3.05) is 14.2 Å². The zero-order valence-corrected chi connectivity index (χ0v) is 26.9. The Morgan fingerprint density at radius 2 is 1.35 bits per heavy atom. The maximum atomic E-state index is 12.9. The molecule has 3 aromatic rings. The highest BCUT2D eigenvalue weighted by Gasteiger charge is 2.25. The molecular formula is C34H40N4O8. The Balaban J connectivity index is 1.51. The number of benzene rings is 3. The zero-order valence-electron chi connectivity index (χ0n) is 26.9. The molecule has 3 amide bonds. The number of hydrogen-bond acceptors (Lipinski definition) is 9. The molecule has 0 saturated carbocycles. The van der Waals surface area contributed by atoms with E-state index >= 15 is 0 Å². The first-order valence-electron chi connectivity index (χ1n) is 14.7. The van der Waals surface area contributed by atoms with Crippen LogP contribution in [0.3, 0.4) is 0 Å². The van der Waals surface area contributed by atoms with Gasteiger partial charge in [0.15, 0.2) is 0 Å². The third kappa shape index (κ3) is 12.0. The molecule has 0 heterocycles. The van der Waals surface area contributed by atoms with Gasteiger partial charge in [-0.25, -0.2) is 9.59 Å². The maximum Gasteiger partial charge on any atom is 0.452 e. The van der Waals surface area contributed by atoms with E-state index in [4.69, 9.17) is 18.9 Å². The van der Waals surface area contributed by atoms with Gasteiger partial charge in [0.05, 0.1) is 19.9 Å². The van der Waals surface area contributed by atoms with E-state index in [1.807, 2.05) is 24.3 Å². The number of methoxy groups -OCH3 is 2. The number of esters is 1. The van der Waals surface area contributed by atoms with Crippen LogP contribution in [0.25, 0.3) is 0 Å². The van der Waals surface area contributed by atoms with Crippen LogP contribution in [0.2, 0.25) is 0 Å². The number of ether oxygens (including phenoxy) is 4. The first-order chi connectivity index (χ1) is 21.8. The molecule has 0 saturated heterocycles. The number of carbonyl (C=O) groups is 4. The third-order valence-corrected chi connectivity index (χ3v) is 6.45. The van der Waals surface area contributed by atoms with Crippen LogP contribution in [0.5, 0.6) is 17.2 Å². The van der Waals surface area contributed by atoms with E-state index in [2.05, 4.69) is 20.9 Å². The van der Waals surface area contributed by atoms with E-state index in [9.17, 15) is 19.2 Å². The highest BCUT2D eigenvalue weighted by Crippen LogP contribution is 2.25. The van der Waals surface area contributed by atoms with Crippen molar-refractivity contribution in [2.45, 2.75) is 64.6 Å². The second-order valence-corrected chi connectivity index (χ2v) is 11.3. The summed E-state index contributed by atoms with van der Waals surface area (Å²) in [6, 6.07) is 19.2. The molecule has 12 nitrogen and oxygen atoms in total. The lowest BCUT2D eigenvalue weighted by atomic mass is 10.1. The van der Waals surface area contributed by atoms with Crippen LogP contribution in [0.1, 0.15) is 45.2 Å². The summed E-state index contributed by atoms with van der Waals surface area (Å²) in [6.45, 7) is 6.78. The molecule has 2 atom stereocenters. The van der Waals surface area contributed by atoms with Gasteiger partial charge in [-0.05, 0) is 93.8 Å². The number of nitrogens with one attached hydrogen (secondary N) is 2. The summed E-state index contributed by atoms with van der Waals surface area (Å²) in [6.07, 6.45) is 0.0815. The summed E-state index contributed by atoms with van der Waals surface area (Å²) < 4.78 is 21.0. The molecule has 0 radical (unpaired) electrons. The SMILES string of the molecule is COC(=O)[C@H](Cc1ccc(Oc2ccc(N=NC(=O)OC(C)(C)C)cc2)cc1)NC(=O)[C@H](C)NC(=O)CCc1ccc(OC)cc1. The minimum atomic E-state index is -0.967. The van der Waals surface area contributed by atoms with Crippen LogP contribution < -0.4 is 20.1 Å². The number of nitrogens with zero attached hydrogens (tertiary/aromatic N) is 2. The molecule has 0 bridgehead atoms. The molecule has 0 unspecified atom stereocenters. The topological polar surface area (TPSA) is 154 Å². The van der Waals surface area contributed by atoms with Gasteiger partial charge in [-0.2, -0.15) is 0 Å². The molecule has 0 spiro atoms. The van der Waals surface area contributed by atoms with E-state index < -0.39 is 35.7 Å². The van der Waals surface area contributed by atoms with E-state index in [-0.39, 0.29) is 18.7 Å². The lowest BCUT2D eigenvalue weighted by molar-refractivity contribution is -0.145. The highest BCUT2D eigenvalue weighted by molar-refractivity contribution is 5.90. The van der Waals surface area contributed by atoms with Gasteiger partial charge >= 0.3 is 12.1 Å². The molecule has 46 heavy (non-hydrogen) atoms. The Kier molecular flexibility index (Phi) is 12.8. The number of aryl methyl sites for hydroxylation is 1. The van der Waals surface area contributed by atoms with Crippen LogP contribution in [-0.4, -0.2) is 55.8 Å². The van der Waals surface area contributed by atoms with Crippen molar-refractivity contribution in [3.8, 4) is 17.2 Å². The van der Waals surface area contributed by atoms with Crippen molar-refractivity contribution >= 4 is 29.6 Å². The normalized spacial score (nSPS) is 12.5. The Morgan fingerprint density at radius 1 is 0.783 bits per heavy atom. The van der Waals surface area contributed by atoms with Crippen molar-refractivity contribution in [1.29, 1.82) is 0 Å². The minimum absolute atomic E-state index is 0.161. The predicted molar refractivity (Wildman–Crippen MR) is 170 cm³/mol. The van der Waals surface area contributed by atoms with Gasteiger partial charge in [-0.15, -0.1) is 5.11 Å². The Morgan fingerprint density at radius 3 is 1.91 bits per heavy atom. The molecular weight excluding hydrogens is 592 g/mol. The monoisotopic (exact) mass is 632 g/mol. The minimum Gasteiger partial charge on any atom is -0.497 e. The predicted octanol–water partition coefficient (Wildman–Crippen LogP) is 5.84. The lowest BCUT2D eigenvalue weighted by Crippen LogP contribution is -2.51. The van der Waals surface area contributed by atoms with E-state index in [0.29, 0.717) is 23.6 Å². The Bertz CT molecular complexity index is 1500. The van der Waals surface area contributed by atoms with Crippen molar-refractivity contribution in [3.05, 3.63) is 83.9 Å². The third-order valence-electron chi connectivity index (χ3n) is 6.45. The number of azo groups is 1. The fourth-order valence-corrected chi connectivity index (χ4v) is 4.09. The van der Waals surface area contributed by atoms with Crippen LogP contribution in [0.4, 0.5) is 10.5 Å². The van der Waals surface area contributed by atoms with Crippen LogP contribution in [0.15, 0.2) is 83.0 Å². The van der Waals surface area contributed by atoms with E-state index in [1.54, 1.807) is 83.3 Å². The fourth-order valence-electron chi connectivity index (χ4n) is 4.09. The Hall–Kier alpha value is -5.26. The van der Waals surface area contributed by atoms with Gasteiger partial charge in [-0.3, -0.25) is 9.59 Å². The molecule has 12 heteroatoms. The summed E-state index contributed by atoms with van der Waals surface area (Å²) in [5.74, 6) is 0.384. The number of rotatable bonds is 13. The molecule has 0 fully saturated rings. The molecule has 0 aromatic heterocycles. The summed E-state index contributed by atoms with van der Waals surface area (Å²) >= 11 is 0. The Labute approximate surface area is 268 Å². The zero-order chi connectivity index (χ0) is 33.7. The van der Waals surface area contributed by atoms with E-state index in [1.165, 1.54) is 7.11 Å². The first-order valence-corrected chi connectivity index (χ1v) is 14.7. The van der Waals surface area contributed by atoms with Gasteiger partial charge < -0.3 is 29.6 Å². The summed E-state index contributed by atoms with van der Waals surface area (Å²) in [5, 5.41) is 12.8. The van der Waals surface area contributed by atoms with Gasteiger partial charge in [0.2, 0.25) is 11.8 Å². The van der Waals surface area contributed by atoms with Crippen molar-refractivity contribution < 1.29 is 38.1 Å². The maximum absolute atomic E-state index is 12.9. The molecule has 0 aliphatic carbocycles. The number of amides is 3. The van der Waals surface area contributed by atoms with Gasteiger partial charge in [0.25, 0.3) is 0 Å². The number of carbonyl (C=O) groups excluding carboxylic acids is 4. The molecule has 0 aliphatic rings. The van der Waals surface area contributed by atoms with Gasteiger partial charge in [0, 0.05) is 12.8 Å². The van der Waals surface area contributed by atoms with Gasteiger partial charge in [0.1, 0.15) is 34.9 Å². The lowest BCUT2D eigenvalue weighted by Gasteiger charge is -2.20.